The first-order valence-corrected chi connectivity index (χ1v) is 6.38. The van der Waals surface area contributed by atoms with E-state index >= 15 is 0 Å². The van der Waals surface area contributed by atoms with Crippen molar-refractivity contribution in [1.82, 2.24) is 10.2 Å². The van der Waals surface area contributed by atoms with Gasteiger partial charge >= 0.3 is 0 Å². The highest BCUT2D eigenvalue weighted by Gasteiger charge is 2.15. The lowest BCUT2D eigenvalue weighted by atomic mass is 10.2. The Kier molecular flexibility index (Phi) is 3.04. The van der Waals surface area contributed by atoms with E-state index < -0.39 is 0 Å². The second kappa shape index (κ2) is 4.71. The zero-order chi connectivity index (χ0) is 13.4. The molecule has 1 aromatic carbocycles. The summed E-state index contributed by atoms with van der Waals surface area (Å²) in [5, 5.41) is 18.0. The van der Waals surface area contributed by atoms with Crippen LogP contribution in [0.2, 0.25) is 5.15 Å². The molecule has 3 rings (SSSR count). The summed E-state index contributed by atoms with van der Waals surface area (Å²) in [6.07, 6.45) is 1.55. The van der Waals surface area contributed by atoms with Gasteiger partial charge in [-0.05, 0) is 34.1 Å². The molecule has 96 valence electrons. The van der Waals surface area contributed by atoms with E-state index in [0.29, 0.717) is 15.8 Å². The SMILES string of the molecule is Oc1cc(Cl)nnc1Oc1c(Br)ccc2ccoc12. The molecule has 0 unspecified atom stereocenters. The van der Waals surface area contributed by atoms with Crippen molar-refractivity contribution < 1.29 is 14.3 Å². The number of rotatable bonds is 2. The Morgan fingerprint density at radius 3 is 2.89 bits per heavy atom. The van der Waals surface area contributed by atoms with E-state index in [1.807, 2.05) is 18.2 Å². The summed E-state index contributed by atoms with van der Waals surface area (Å²) >= 11 is 8.97. The van der Waals surface area contributed by atoms with Gasteiger partial charge in [-0.3, -0.25) is 0 Å². The first-order valence-electron chi connectivity index (χ1n) is 5.21. The highest BCUT2D eigenvalue weighted by Crippen LogP contribution is 2.39. The van der Waals surface area contributed by atoms with Crippen LogP contribution in [0.15, 0.2) is 39.4 Å². The second-order valence-corrected chi connectivity index (χ2v) is 4.92. The summed E-state index contributed by atoms with van der Waals surface area (Å²) in [5.74, 6) is 0.166. The second-order valence-electron chi connectivity index (χ2n) is 3.67. The molecule has 0 fully saturated rings. The minimum absolute atomic E-state index is 0.0472. The van der Waals surface area contributed by atoms with Crippen LogP contribution in [0.4, 0.5) is 0 Å². The smallest absolute Gasteiger partial charge is 0.281 e. The Morgan fingerprint density at radius 2 is 2.11 bits per heavy atom. The minimum atomic E-state index is -0.199. The lowest BCUT2D eigenvalue weighted by Crippen LogP contribution is -1.92. The van der Waals surface area contributed by atoms with Gasteiger partial charge < -0.3 is 14.3 Å². The molecule has 3 aromatic rings. The average molecular weight is 342 g/mol. The van der Waals surface area contributed by atoms with Gasteiger partial charge in [-0.15, -0.1) is 10.2 Å². The standard InChI is InChI=1S/C12H6BrClN2O3/c13-7-2-1-6-3-4-18-10(6)11(7)19-12-8(17)5-9(14)15-16-12/h1-5H,(H,15,17). The van der Waals surface area contributed by atoms with Crippen LogP contribution in [0.25, 0.3) is 11.0 Å². The van der Waals surface area contributed by atoms with Crippen LogP contribution in [-0.2, 0) is 0 Å². The minimum Gasteiger partial charge on any atom is -0.503 e. The topological polar surface area (TPSA) is 68.4 Å². The number of hydrogen-bond acceptors (Lipinski definition) is 5. The van der Waals surface area contributed by atoms with Gasteiger partial charge in [0.25, 0.3) is 5.88 Å². The van der Waals surface area contributed by atoms with E-state index in [-0.39, 0.29) is 16.8 Å². The predicted octanol–water partition coefficient (Wildman–Crippen LogP) is 4.14. The molecule has 0 atom stereocenters. The van der Waals surface area contributed by atoms with Gasteiger partial charge in [0.2, 0.25) is 0 Å². The number of furan rings is 1. The van der Waals surface area contributed by atoms with E-state index in [1.165, 1.54) is 6.07 Å². The molecule has 2 aromatic heterocycles. The number of aromatic nitrogens is 2. The van der Waals surface area contributed by atoms with Crippen molar-refractivity contribution in [3.05, 3.63) is 40.2 Å². The maximum absolute atomic E-state index is 9.71. The molecule has 7 heteroatoms. The average Bonchev–Trinajstić information content (AvgIpc) is 2.84. The van der Waals surface area contributed by atoms with E-state index in [1.54, 1.807) is 6.26 Å². The summed E-state index contributed by atoms with van der Waals surface area (Å²) < 4.78 is 11.6. The third kappa shape index (κ3) is 2.24. The normalized spacial score (nSPS) is 10.8. The molecule has 19 heavy (non-hydrogen) atoms. The predicted molar refractivity (Wildman–Crippen MR) is 72.7 cm³/mol. The number of hydrogen-bond donors (Lipinski definition) is 1. The Morgan fingerprint density at radius 1 is 1.26 bits per heavy atom. The number of nitrogens with zero attached hydrogens (tertiary/aromatic N) is 2. The maximum atomic E-state index is 9.71. The van der Waals surface area contributed by atoms with E-state index in [9.17, 15) is 5.11 Å². The van der Waals surface area contributed by atoms with E-state index in [4.69, 9.17) is 20.8 Å². The molecule has 2 heterocycles. The van der Waals surface area contributed by atoms with Gasteiger partial charge in [0.15, 0.2) is 22.2 Å². The molecule has 0 aliphatic heterocycles. The molecule has 0 saturated heterocycles. The van der Waals surface area contributed by atoms with Crippen molar-refractivity contribution in [3.63, 3.8) is 0 Å². The van der Waals surface area contributed by atoms with Crippen LogP contribution in [0, 0.1) is 0 Å². The Hall–Kier alpha value is -1.79. The highest BCUT2D eigenvalue weighted by atomic mass is 79.9. The largest absolute Gasteiger partial charge is 0.503 e. The molecule has 0 spiro atoms. The molecule has 0 amide bonds. The third-order valence-electron chi connectivity index (χ3n) is 2.44. The number of fused-ring (bicyclic) bond motifs is 1. The van der Waals surface area contributed by atoms with Crippen molar-refractivity contribution in [3.8, 4) is 17.4 Å². The Balaban J connectivity index is 2.10. The van der Waals surface area contributed by atoms with Crippen LogP contribution >= 0.6 is 27.5 Å². The number of halogens is 2. The fourth-order valence-corrected chi connectivity index (χ4v) is 2.13. The first-order chi connectivity index (χ1) is 9.15. The van der Waals surface area contributed by atoms with E-state index in [0.717, 1.165) is 5.39 Å². The number of ether oxygens (including phenoxy) is 1. The van der Waals surface area contributed by atoms with Gasteiger partial charge in [0.1, 0.15) is 0 Å². The van der Waals surface area contributed by atoms with Gasteiger partial charge in [-0.2, -0.15) is 0 Å². The number of benzene rings is 1. The molecule has 5 nitrogen and oxygen atoms in total. The summed E-state index contributed by atoms with van der Waals surface area (Å²) in [6.45, 7) is 0. The molecule has 0 bridgehead atoms. The van der Waals surface area contributed by atoms with Gasteiger partial charge in [0.05, 0.1) is 10.7 Å². The fourth-order valence-electron chi connectivity index (χ4n) is 1.59. The van der Waals surface area contributed by atoms with Crippen molar-refractivity contribution >= 4 is 38.5 Å². The molecular weight excluding hydrogens is 336 g/mol. The highest BCUT2D eigenvalue weighted by molar-refractivity contribution is 9.10. The van der Waals surface area contributed by atoms with Gasteiger partial charge in [-0.1, -0.05) is 11.6 Å². The Bertz CT molecular complexity index is 760. The third-order valence-corrected chi connectivity index (χ3v) is 3.25. The summed E-state index contributed by atoms with van der Waals surface area (Å²) in [4.78, 5) is 0. The zero-order valence-electron chi connectivity index (χ0n) is 9.30. The quantitative estimate of drug-likeness (QED) is 0.759. The molecule has 0 radical (unpaired) electrons. The monoisotopic (exact) mass is 340 g/mol. The van der Waals surface area contributed by atoms with Crippen LogP contribution in [-0.4, -0.2) is 15.3 Å². The molecule has 1 N–H and O–H groups in total. The summed E-state index contributed by atoms with van der Waals surface area (Å²) in [7, 11) is 0. The van der Waals surface area contributed by atoms with Crippen molar-refractivity contribution in [2.45, 2.75) is 0 Å². The van der Waals surface area contributed by atoms with Gasteiger partial charge in [0, 0.05) is 11.5 Å². The maximum Gasteiger partial charge on any atom is 0.281 e. The van der Waals surface area contributed by atoms with Crippen molar-refractivity contribution in [2.75, 3.05) is 0 Å². The number of aromatic hydroxyl groups is 1. The van der Waals surface area contributed by atoms with Crippen LogP contribution < -0.4 is 4.74 Å². The van der Waals surface area contributed by atoms with Crippen LogP contribution in [0.3, 0.4) is 0 Å². The van der Waals surface area contributed by atoms with Crippen LogP contribution in [0.5, 0.6) is 17.4 Å². The molecule has 0 aliphatic carbocycles. The van der Waals surface area contributed by atoms with Gasteiger partial charge in [-0.25, -0.2) is 0 Å². The van der Waals surface area contributed by atoms with Crippen LogP contribution in [0.1, 0.15) is 0 Å². The Labute approximate surface area is 120 Å². The lowest BCUT2D eigenvalue weighted by Gasteiger charge is -2.08. The molecule has 0 saturated carbocycles. The first kappa shape index (κ1) is 12.3. The summed E-state index contributed by atoms with van der Waals surface area (Å²) in [6, 6.07) is 6.75. The zero-order valence-corrected chi connectivity index (χ0v) is 11.6. The fraction of sp³-hybridized carbons (Fsp3) is 0. The van der Waals surface area contributed by atoms with Crippen molar-refractivity contribution in [1.29, 1.82) is 0 Å². The van der Waals surface area contributed by atoms with E-state index in [2.05, 4.69) is 26.1 Å². The summed E-state index contributed by atoms with van der Waals surface area (Å²) in [5.41, 5.74) is 0.547. The molecule has 0 aliphatic rings. The van der Waals surface area contributed by atoms with Crippen molar-refractivity contribution in [2.24, 2.45) is 0 Å². The molecular formula is C12H6BrClN2O3. The lowest BCUT2D eigenvalue weighted by molar-refractivity contribution is 0.389.